The third kappa shape index (κ3) is 7.53. The van der Waals surface area contributed by atoms with Gasteiger partial charge in [0.2, 0.25) is 0 Å². The van der Waals surface area contributed by atoms with Crippen molar-refractivity contribution in [2.75, 3.05) is 4.90 Å². The van der Waals surface area contributed by atoms with Crippen LogP contribution in [0.5, 0.6) is 0 Å². The smallest absolute Gasteiger partial charge is 0.139 e. The van der Waals surface area contributed by atoms with Crippen LogP contribution < -0.4 is 4.90 Å². The molecule has 0 saturated heterocycles. The maximum absolute atomic E-state index is 6.69. The van der Waals surface area contributed by atoms with E-state index >= 15 is 0 Å². The number of rotatable bonds is 9. The quantitative estimate of drug-likeness (QED) is 0.145. The molecule has 0 unspecified atom stereocenters. The van der Waals surface area contributed by atoms with E-state index in [1.165, 1.54) is 55.6 Å². The zero-order valence-corrected chi connectivity index (χ0v) is 35.3. The van der Waals surface area contributed by atoms with Gasteiger partial charge in [0.1, 0.15) is 11.3 Å². The zero-order valence-electron chi connectivity index (χ0n) is 35.3. The SMILES string of the molecule is CC(C)(C)c1c(-c2cccc(N(c3ccc(-c4ccc(-c5ccccc5)cc4)cc3)c3ccc(-c4ccccc4-c4ccccc4-c4ccccc4)cc3)c2)oc2ccccc12. The lowest BCUT2D eigenvalue weighted by molar-refractivity contribution is 0.568. The molecule has 0 N–H and O–H groups in total. The molecule has 62 heavy (non-hydrogen) atoms. The van der Waals surface area contributed by atoms with Gasteiger partial charge in [0, 0.05) is 33.6 Å². The zero-order chi connectivity index (χ0) is 42.0. The number of nitrogens with zero attached hydrogens (tertiary/aromatic N) is 1. The van der Waals surface area contributed by atoms with Crippen molar-refractivity contribution in [2.45, 2.75) is 26.2 Å². The van der Waals surface area contributed by atoms with E-state index in [9.17, 15) is 0 Å². The van der Waals surface area contributed by atoms with Gasteiger partial charge in [-0.2, -0.15) is 0 Å². The summed E-state index contributed by atoms with van der Waals surface area (Å²) in [7, 11) is 0. The van der Waals surface area contributed by atoms with Gasteiger partial charge in [0.25, 0.3) is 0 Å². The van der Waals surface area contributed by atoms with Crippen LogP contribution in [0.3, 0.4) is 0 Å². The summed E-state index contributed by atoms with van der Waals surface area (Å²) in [5.41, 5.74) is 18.2. The average Bonchev–Trinajstić information content (AvgIpc) is 3.74. The summed E-state index contributed by atoms with van der Waals surface area (Å²) in [5, 5.41) is 1.16. The number of para-hydroxylation sites is 1. The highest BCUT2D eigenvalue weighted by Crippen LogP contribution is 2.45. The first-order valence-corrected chi connectivity index (χ1v) is 21.4. The van der Waals surface area contributed by atoms with Crippen molar-refractivity contribution in [1.29, 1.82) is 0 Å². The average molecular weight is 798 g/mol. The Morgan fingerprint density at radius 1 is 0.323 bits per heavy atom. The summed E-state index contributed by atoms with van der Waals surface area (Å²) in [6.07, 6.45) is 0. The van der Waals surface area contributed by atoms with Crippen LogP contribution in [0.15, 0.2) is 235 Å². The van der Waals surface area contributed by atoms with Gasteiger partial charge >= 0.3 is 0 Å². The molecule has 0 saturated carbocycles. The molecule has 1 aromatic heterocycles. The van der Waals surface area contributed by atoms with E-state index in [0.717, 1.165) is 44.9 Å². The molecule has 0 radical (unpaired) electrons. The number of anilines is 3. The van der Waals surface area contributed by atoms with E-state index in [-0.39, 0.29) is 5.41 Å². The monoisotopic (exact) mass is 797 g/mol. The lowest BCUT2D eigenvalue weighted by Crippen LogP contribution is -2.12. The predicted octanol–water partition coefficient (Wildman–Crippen LogP) is 17.2. The standard InChI is InChI=1S/C60H47NO/c1-60(2,3)58-56-27-14-15-28-57(56)62-59(58)48-21-16-22-51(41-48)61(49-37-33-45(34-38-49)44-31-29-43(30-32-44)42-17-6-4-7-18-42)50-39-35-47(36-40-50)53-24-11-13-26-55(53)54-25-12-10-23-52(54)46-19-8-5-9-20-46/h4-41H,1-3H3. The molecule has 10 rings (SSSR count). The van der Waals surface area contributed by atoms with Gasteiger partial charge in [-0.1, -0.05) is 209 Å². The van der Waals surface area contributed by atoms with Crippen molar-refractivity contribution in [3.63, 3.8) is 0 Å². The Kier molecular flexibility index (Phi) is 10.2. The molecule has 0 fully saturated rings. The molecular formula is C60H47NO. The van der Waals surface area contributed by atoms with Crippen molar-refractivity contribution in [2.24, 2.45) is 0 Å². The molecule has 0 aliphatic rings. The predicted molar refractivity (Wildman–Crippen MR) is 262 cm³/mol. The molecule has 0 bridgehead atoms. The molecule has 9 aromatic carbocycles. The molecular weight excluding hydrogens is 751 g/mol. The molecule has 0 atom stereocenters. The number of fused-ring (bicyclic) bond motifs is 1. The second-order valence-electron chi connectivity index (χ2n) is 16.9. The topological polar surface area (TPSA) is 16.4 Å². The summed E-state index contributed by atoms with van der Waals surface area (Å²) >= 11 is 0. The first-order valence-electron chi connectivity index (χ1n) is 21.4. The highest BCUT2D eigenvalue weighted by atomic mass is 16.3. The second-order valence-corrected chi connectivity index (χ2v) is 16.9. The third-order valence-electron chi connectivity index (χ3n) is 11.8. The maximum Gasteiger partial charge on any atom is 0.139 e. The Morgan fingerprint density at radius 3 is 1.27 bits per heavy atom. The Labute approximate surface area is 365 Å². The fourth-order valence-electron chi connectivity index (χ4n) is 8.86. The van der Waals surface area contributed by atoms with Gasteiger partial charge in [0.05, 0.1) is 0 Å². The molecule has 0 spiro atoms. The van der Waals surface area contributed by atoms with Gasteiger partial charge in [-0.05, 0) is 104 Å². The molecule has 0 aliphatic carbocycles. The van der Waals surface area contributed by atoms with Gasteiger partial charge in [-0.15, -0.1) is 0 Å². The van der Waals surface area contributed by atoms with Crippen LogP contribution in [0.1, 0.15) is 26.3 Å². The Balaban J connectivity index is 1.06. The number of benzene rings is 9. The van der Waals surface area contributed by atoms with Crippen molar-refractivity contribution in [3.8, 4) is 67.0 Å². The Hall–Kier alpha value is -7.68. The lowest BCUT2D eigenvalue weighted by atomic mass is 9.83. The van der Waals surface area contributed by atoms with E-state index in [0.29, 0.717) is 0 Å². The Morgan fingerprint density at radius 2 is 0.726 bits per heavy atom. The Bertz CT molecular complexity index is 3120. The van der Waals surface area contributed by atoms with Crippen molar-refractivity contribution >= 4 is 28.0 Å². The van der Waals surface area contributed by atoms with Crippen LogP contribution in [-0.4, -0.2) is 0 Å². The fourth-order valence-corrected chi connectivity index (χ4v) is 8.86. The van der Waals surface area contributed by atoms with Gasteiger partial charge in [-0.3, -0.25) is 0 Å². The largest absolute Gasteiger partial charge is 0.456 e. The summed E-state index contributed by atoms with van der Waals surface area (Å²) in [6.45, 7) is 6.79. The van der Waals surface area contributed by atoms with Gasteiger partial charge < -0.3 is 9.32 Å². The second kappa shape index (κ2) is 16.4. The first kappa shape index (κ1) is 38.5. The third-order valence-corrected chi connectivity index (χ3v) is 11.8. The number of furan rings is 1. The molecule has 1 heterocycles. The molecule has 2 heteroatoms. The minimum absolute atomic E-state index is 0.125. The molecule has 0 amide bonds. The maximum atomic E-state index is 6.69. The molecule has 10 aromatic rings. The normalized spacial score (nSPS) is 11.5. The summed E-state index contributed by atoms with van der Waals surface area (Å²) in [6, 6.07) is 82.6. The van der Waals surface area contributed by atoms with Crippen LogP contribution in [0, 0.1) is 0 Å². The molecule has 0 aliphatic heterocycles. The van der Waals surface area contributed by atoms with Crippen molar-refractivity contribution in [1.82, 2.24) is 0 Å². The fraction of sp³-hybridized carbons (Fsp3) is 0.0667. The van der Waals surface area contributed by atoms with E-state index < -0.39 is 0 Å². The lowest BCUT2D eigenvalue weighted by Gasteiger charge is -2.27. The number of hydrogen-bond acceptors (Lipinski definition) is 2. The van der Waals surface area contributed by atoms with Crippen molar-refractivity contribution in [3.05, 3.63) is 236 Å². The van der Waals surface area contributed by atoms with E-state index in [1.807, 2.05) is 6.07 Å². The molecule has 298 valence electrons. The van der Waals surface area contributed by atoms with Crippen molar-refractivity contribution < 1.29 is 4.42 Å². The van der Waals surface area contributed by atoms with Crippen LogP contribution in [0.25, 0.3) is 77.9 Å². The minimum Gasteiger partial charge on any atom is -0.456 e. The highest BCUT2D eigenvalue weighted by molar-refractivity contribution is 5.93. The van der Waals surface area contributed by atoms with E-state index in [1.54, 1.807) is 0 Å². The van der Waals surface area contributed by atoms with Crippen LogP contribution in [-0.2, 0) is 5.41 Å². The first-order chi connectivity index (χ1) is 30.4. The summed E-state index contributed by atoms with van der Waals surface area (Å²) in [4.78, 5) is 2.35. The summed E-state index contributed by atoms with van der Waals surface area (Å²) in [5.74, 6) is 0.914. The van der Waals surface area contributed by atoms with Gasteiger partial charge in [0.15, 0.2) is 0 Å². The van der Waals surface area contributed by atoms with E-state index in [2.05, 4.69) is 250 Å². The van der Waals surface area contributed by atoms with Crippen LogP contribution in [0.4, 0.5) is 17.1 Å². The minimum atomic E-state index is -0.125. The molecule has 2 nitrogen and oxygen atoms in total. The van der Waals surface area contributed by atoms with Gasteiger partial charge in [-0.25, -0.2) is 0 Å². The van der Waals surface area contributed by atoms with E-state index in [4.69, 9.17) is 4.42 Å². The highest BCUT2D eigenvalue weighted by Gasteiger charge is 2.27. The van der Waals surface area contributed by atoms with Crippen LogP contribution >= 0.6 is 0 Å². The summed E-state index contributed by atoms with van der Waals surface area (Å²) < 4.78 is 6.69. The van der Waals surface area contributed by atoms with Crippen LogP contribution in [0.2, 0.25) is 0 Å². The number of hydrogen-bond donors (Lipinski definition) is 0.